The van der Waals surface area contributed by atoms with Crippen LogP contribution in [0.15, 0.2) is 36.5 Å². The van der Waals surface area contributed by atoms with Crippen LogP contribution in [0.5, 0.6) is 5.75 Å². The van der Waals surface area contributed by atoms with Gasteiger partial charge in [0.15, 0.2) is 0 Å². The second kappa shape index (κ2) is 10.2. The zero-order chi connectivity index (χ0) is 23.4. The Balaban J connectivity index is 1.43. The zero-order valence-corrected chi connectivity index (χ0v) is 19.7. The Morgan fingerprint density at radius 3 is 2.52 bits per heavy atom. The van der Waals surface area contributed by atoms with Gasteiger partial charge in [-0.15, -0.1) is 0 Å². The largest absolute Gasteiger partial charge is 0.497 e. The number of amides is 2. The van der Waals surface area contributed by atoms with Gasteiger partial charge in [-0.05, 0) is 37.1 Å². The third kappa shape index (κ3) is 5.30. The number of anilines is 2. The van der Waals surface area contributed by atoms with Gasteiger partial charge in [0, 0.05) is 45.5 Å². The van der Waals surface area contributed by atoms with E-state index in [0.29, 0.717) is 19.1 Å². The van der Waals surface area contributed by atoms with Gasteiger partial charge in [0.2, 0.25) is 11.8 Å². The van der Waals surface area contributed by atoms with Crippen molar-refractivity contribution in [2.45, 2.75) is 37.8 Å². The highest BCUT2D eigenvalue weighted by molar-refractivity contribution is 5.92. The number of carbonyl (C=O) groups is 2. The SMILES string of the molecule is COc1ccc(N2CCN(CC(=O)Nc3ccnn3C3CCCC3)C(C(=O)N(C)C)C2)cc1. The summed E-state index contributed by atoms with van der Waals surface area (Å²) in [7, 11) is 5.16. The lowest BCUT2D eigenvalue weighted by Crippen LogP contribution is -2.60. The summed E-state index contributed by atoms with van der Waals surface area (Å²) in [5, 5.41) is 7.46. The highest BCUT2D eigenvalue weighted by Crippen LogP contribution is 2.31. The number of carbonyl (C=O) groups excluding carboxylic acids is 2. The zero-order valence-electron chi connectivity index (χ0n) is 19.7. The maximum Gasteiger partial charge on any atom is 0.241 e. The minimum atomic E-state index is -0.402. The average molecular weight is 455 g/mol. The van der Waals surface area contributed by atoms with E-state index < -0.39 is 6.04 Å². The number of nitrogens with one attached hydrogen (secondary N) is 1. The fourth-order valence-corrected chi connectivity index (χ4v) is 4.79. The molecule has 0 spiro atoms. The van der Waals surface area contributed by atoms with Crippen LogP contribution in [0.3, 0.4) is 0 Å². The predicted octanol–water partition coefficient (Wildman–Crippen LogP) is 2.22. The number of rotatable bonds is 7. The molecule has 9 heteroatoms. The quantitative estimate of drug-likeness (QED) is 0.691. The number of likely N-dealkylation sites (N-methyl/N-ethyl adjacent to an activating group) is 1. The molecule has 2 aromatic rings. The molecule has 2 heterocycles. The summed E-state index contributed by atoms with van der Waals surface area (Å²) in [6.45, 7) is 2.04. The Morgan fingerprint density at radius 2 is 1.85 bits per heavy atom. The molecule has 0 radical (unpaired) electrons. The van der Waals surface area contributed by atoms with Crippen molar-refractivity contribution in [2.75, 3.05) is 57.6 Å². The van der Waals surface area contributed by atoms with Crippen molar-refractivity contribution in [1.82, 2.24) is 19.6 Å². The Labute approximate surface area is 195 Å². The molecule has 2 amide bonds. The van der Waals surface area contributed by atoms with Crippen LogP contribution < -0.4 is 15.0 Å². The van der Waals surface area contributed by atoms with Gasteiger partial charge < -0.3 is 19.9 Å². The second-order valence-electron chi connectivity index (χ2n) is 9.01. The van der Waals surface area contributed by atoms with E-state index in [0.717, 1.165) is 36.6 Å². The van der Waals surface area contributed by atoms with Crippen LogP contribution in [0.25, 0.3) is 0 Å². The maximum atomic E-state index is 13.0. The molecule has 33 heavy (non-hydrogen) atoms. The molecule has 2 aliphatic rings. The Bertz CT molecular complexity index is 951. The molecule has 2 fully saturated rings. The van der Waals surface area contributed by atoms with Crippen molar-refractivity contribution >= 4 is 23.3 Å². The molecule has 1 atom stereocenters. The number of hydrogen-bond acceptors (Lipinski definition) is 6. The molecule has 1 aliphatic carbocycles. The molecule has 1 unspecified atom stereocenters. The van der Waals surface area contributed by atoms with Gasteiger partial charge >= 0.3 is 0 Å². The predicted molar refractivity (Wildman–Crippen MR) is 128 cm³/mol. The third-order valence-electron chi connectivity index (χ3n) is 6.61. The molecule has 1 N–H and O–H groups in total. The van der Waals surface area contributed by atoms with Crippen LogP contribution in [0.4, 0.5) is 11.5 Å². The van der Waals surface area contributed by atoms with Gasteiger partial charge in [-0.1, -0.05) is 12.8 Å². The molecule has 1 aromatic carbocycles. The van der Waals surface area contributed by atoms with Crippen molar-refractivity contribution in [2.24, 2.45) is 0 Å². The number of aromatic nitrogens is 2. The van der Waals surface area contributed by atoms with E-state index in [9.17, 15) is 9.59 Å². The highest BCUT2D eigenvalue weighted by atomic mass is 16.5. The monoisotopic (exact) mass is 454 g/mol. The molecule has 1 aromatic heterocycles. The Morgan fingerprint density at radius 1 is 1.12 bits per heavy atom. The number of ether oxygens (including phenoxy) is 1. The first-order valence-electron chi connectivity index (χ1n) is 11.6. The van der Waals surface area contributed by atoms with Crippen LogP contribution in [-0.2, 0) is 9.59 Å². The fourth-order valence-electron chi connectivity index (χ4n) is 4.79. The number of methoxy groups -OCH3 is 1. The molecule has 0 bridgehead atoms. The summed E-state index contributed by atoms with van der Waals surface area (Å²) in [4.78, 5) is 31.7. The van der Waals surface area contributed by atoms with Gasteiger partial charge in [-0.3, -0.25) is 14.5 Å². The lowest BCUT2D eigenvalue weighted by atomic mass is 10.1. The first-order valence-corrected chi connectivity index (χ1v) is 11.6. The molecule has 178 valence electrons. The summed E-state index contributed by atoms with van der Waals surface area (Å²) in [6.07, 6.45) is 6.32. The number of benzene rings is 1. The van der Waals surface area contributed by atoms with Crippen molar-refractivity contribution in [1.29, 1.82) is 0 Å². The van der Waals surface area contributed by atoms with Crippen LogP contribution in [0.1, 0.15) is 31.7 Å². The molecule has 1 saturated carbocycles. The topological polar surface area (TPSA) is 82.9 Å². The Hall–Kier alpha value is -3.07. The van der Waals surface area contributed by atoms with Gasteiger partial charge in [0.05, 0.1) is 25.9 Å². The van der Waals surface area contributed by atoms with Crippen LogP contribution in [0, 0.1) is 0 Å². The van der Waals surface area contributed by atoms with Crippen molar-refractivity contribution in [3.63, 3.8) is 0 Å². The van der Waals surface area contributed by atoms with E-state index >= 15 is 0 Å². The van der Waals surface area contributed by atoms with Crippen LogP contribution in [0.2, 0.25) is 0 Å². The van der Waals surface area contributed by atoms with Gasteiger partial charge in [-0.25, -0.2) is 4.68 Å². The summed E-state index contributed by atoms with van der Waals surface area (Å²) < 4.78 is 7.19. The van der Waals surface area contributed by atoms with E-state index in [4.69, 9.17) is 4.74 Å². The molecule has 1 saturated heterocycles. The lowest BCUT2D eigenvalue weighted by molar-refractivity contribution is -0.135. The van der Waals surface area contributed by atoms with Crippen molar-refractivity contribution in [3.8, 4) is 5.75 Å². The van der Waals surface area contributed by atoms with Gasteiger partial charge in [0.25, 0.3) is 0 Å². The van der Waals surface area contributed by atoms with Crippen LogP contribution >= 0.6 is 0 Å². The Kier molecular flexibility index (Phi) is 7.17. The van der Waals surface area contributed by atoms with Gasteiger partial charge in [0.1, 0.15) is 17.6 Å². The summed E-state index contributed by atoms with van der Waals surface area (Å²) in [5.41, 5.74) is 1.04. The van der Waals surface area contributed by atoms with Crippen LogP contribution in [-0.4, -0.2) is 84.8 Å². The smallest absolute Gasteiger partial charge is 0.241 e. The maximum absolute atomic E-state index is 13.0. The fraction of sp³-hybridized carbons (Fsp3) is 0.542. The average Bonchev–Trinajstić information content (AvgIpc) is 3.51. The second-order valence-corrected chi connectivity index (χ2v) is 9.01. The molecule has 1 aliphatic heterocycles. The summed E-state index contributed by atoms with van der Waals surface area (Å²) in [5.74, 6) is 1.41. The van der Waals surface area contributed by atoms with E-state index in [2.05, 4.69) is 15.3 Å². The normalized spacial score (nSPS) is 19.5. The first kappa shape index (κ1) is 23.1. The highest BCUT2D eigenvalue weighted by Gasteiger charge is 2.34. The molecular formula is C24H34N6O3. The number of nitrogens with zero attached hydrogens (tertiary/aromatic N) is 5. The number of piperazine rings is 1. The summed E-state index contributed by atoms with van der Waals surface area (Å²) >= 11 is 0. The van der Waals surface area contributed by atoms with E-state index in [1.54, 1.807) is 32.3 Å². The van der Waals surface area contributed by atoms with Gasteiger partial charge in [-0.2, -0.15) is 5.10 Å². The van der Waals surface area contributed by atoms with E-state index in [1.165, 1.54) is 12.8 Å². The van der Waals surface area contributed by atoms with Crippen molar-refractivity contribution in [3.05, 3.63) is 36.5 Å². The van der Waals surface area contributed by atoms with E-state index in [1.807, 2.05) is 39.9 Å². The molecular weight excluding hydrogens is 420 g/mol. The first-order chi connectivity index (χ1) is 16.0. The lowest BCUT2D eigenvalue weighted by Gasteiger charge is -2.42. The molecule has 4 rings (SSSR count). The molecule has 9 nitrogen and oxygen atoms in total. The third-order valence-corrected chi connectivity index (χ3v) is 6.61. The minimum absolute atomic E-state index is 0.00277. The van der Waals surface area contributed by atoms with E-state index in [-0.39, 0.29) is 18.4 Å². The minimum Gasteiger partial charge on any atom is -0.497 e. The van der Waals surface area contributed by atoms with Crippen molar-refractivity contribution < 1.29 is 14.3 Å². The standard InChI is InChI=1S/C24H34N6O3/c1-27(2)24(32)21-16-28(18-8-10-20(33-3)11-9-18)14-15-29(21)17-23(31)26-22-12-13-25-30(22)19-6-4-5-7-19/h8-13,19,21H,4-7,14-17H2,1-3H3,(H,26,31). The number of hydrogen-bond donors (Lipinski definition) is 1. The summed E-state index contributed by atoms with van der Waals surface area (Å²) in [6, 6.07) is 9.65.